The van der Waals surface area contributed by atoms with Gasteiger partial charge in [0, 0.05) is 24.3 Å². The standard InChI is InChI=1S/C27H27F3N2O3S/c1-19-10-15-22(18-25(19)36(34,35)32-16-6-2-3-7-17-32)31-26(33)24-9-5-4-8-23(24)20-11-13-21(14-12-20)27(28,29)30/h4-5,8-15,18H,2-3,6-7,16-17H2,1H3,(H,31,33). The Morgan fingerprint density at radius 1 is 0.889 bits per heavy atom. The summed E-state index contributed by atoms with van der Waals surface area (Å²) in [7, 11) is -3.72. The zero-order valence-electron chi connectivity index (χ0n) is 19.8. The van der Waals surface area contributed by atoms with Gasteiger partial charge in [0.05, 0.1) is 10.5 Å². The van der Waals surface area contributed by atoms with Gasteiger partial charge in [-0.3, -0.25) is 4.79 Å². The largest absolute Gasteiger partial charge is 0.416 e. The molecule has 1 amide bonds. The van der Waals surface area contributed by atoms with Gasteiger partial charge in [-0.05, 0) is 66.8 Å². The zero-order valence-corrected chi connectivity index (χ0v) is 20.6. The molecule has 1 fully saturated rings. The summed E-state index contributed by atoms with van der Waals surface area (Å²) >= 11 is 0. The van der Waals surface area contributed by atoms with Crippen molar-refractivity contribution in [1.29, 1.82) is 0 Å². The van der Waals surface area contributed by atoms with E-state index in [-0.39, 0.29) is 10.5 Å². The Hall–Kier alpha value is -3.17. The average molecular weight is 517 g/mol. The van der Waals surface area contributed by atoms with Gasteiger partial charge < -0.3 is 5.32 Å². The first kappa shape index (κ1) is 25.9. The second kappa shape index (κ2) is 10.4. The van der Waals surface area contributed by atoms with Gasteiger partial charge in [0.15, 0.2) is 0 Å². The van der Waals surface area contributed by atoms with Gasteiger partial charge in [-0.15, -0.1) is 0 Å². The van der Waals surface area contributed by atoms with Gasteiger partial charge >= 0.3 is 6.18 Å². The second-order valence-corrected chi connectivity index (χ2v) is 10.8. The van der Waals surface area contributed by atoms with Gasteiger partial charge in [0.1, 0.15) is 0 Å². The van der Waals surface area contributed by atoms with Crippen molar-refractivity contribution in [3.05, 3.63) is 83.4 Å². The smallest absolute Gasteiger partial charge is 0.322 e. The number of alkyl halides is 3. The number of aryl methyl sites for hydroxylation is 1. The number of hydrogen-bond acceptors (Lipinski definition) is 3. The maximum Gasteiger partial charge on any atom is 0.416 e. The van der Waals surface area contributed by atoms with Crippen LogP contribution in [0.1, 0.15) is 47.2 Å². The van der Waals surface area contributed by atoms with Crippen LogP contribution in [0.15, 0.2) is 71.6 Å². The van der Waals surface area contributed by atoms with Gasteiger partial charge in [-0.1, -0.05) is 49.2 Å². The summed E-state index contributed by atoms with van der Waals surface area (Å²) in [5, 5.41) is 2.76. The summed E-state index contributed by atoms with van der Waals surface area (Å²) in [4.78, 5) is 13.3. The number of rotatable bonds is 5. The fraction of sp³-hybridized carbons (Fsp3) is 0.296. The summed E-state index contributed by atoms with van der Waals surface area (Å²) in [5.74, 6) is -0.493. The molecular weight excluding hydrogens is 489 g/mol. The van der Waals surface area contributed by atoms with E-state index >= 15 is 0 Å². The van der Waals surface area contributed by atoms with Crippen molar-refractivity contribution < 1.29 is 26.4 Å². The molecule has 0 bridgehead atoms. The average Bonchev–Trinajstić information content (AvgIpc) is 3.15. The Labute approximate surface area is 209 Å². The monoisotopic (exact) mass is 516 g/mol. The lowest BCUT2D eigenvalue weighted by Gasteiger charge is -2.21. The Kier molecular flexibility index (Phi) is 7.51. The highest BCUT2D eigenvalue weighted by Gasteiger charge is 2.30. The van der Waals surface area contributed by atoms with E-state index in [4.69, 9.17) is 0 Å². The number of carbonyl (C=O) groups excluding carboxylic acids is 1. The first-order chi connectivity index (χ1) is 17.1. The number of sulfonamides is 1. The molecule has 3 aromatic carbocycles. The van der Waals surface area contributed by atoms with Crippen molar-refractivity contribution in [2.75, 3.05) is 18.4 Å². The molecule has 1 aliphatic rings. The van der Waals surface area contributed by atoms with Crippen LogP contribution in [-0.2, 0) is 16.2 Å². The highest BCUT2D eigenvalue weighted by Crippen LogP contribution is 2.32. The van der Waals surface area contributed by atoms with E-state index in [1.54, 1.807) is 43.3 Å². The third-order valence-corrected chi connectivity index (χ3v) is 8.36. The Bertz CT molecular complexity index is 1350. The number of halogens is 3. The van der Waals surface area contributed by atoms with Gasteiger partial charge in [0.25, 0.3) is 5.91 Å². The molecule has 1 saturated heterocycles. The van der Waals surface area contributed by atoms with E-state index in [9.17, 15) is 26.4 Å². The number of benzene rings is 3. The molecule has 9 heteroatoms. The minimum absolute atomic E-state index is 0.151. The lowest BCUT2D eigenvalue weighted by molar-refractivity contribution is -0.137. The predicted octanol–water partition coefficient (Wildman–Crippen LogP) is 6.50. The van der Waals surface area contributed by atoms with Crippen LogP contribution in [0.25, 0.3) is 11.1 Å². The first-order valence-corrected chi connectivity index (χ1v) is 13.2. The molecule has 5 nitrogen and oxygen atoms in total. The van der Waals surface area contributed by atoms with Crippen LogP contribution in [0.2, 0.25) is 0 Å². The highest BCUT2D eigenvalue weighted by atomic mass is 32.2. The summed E-state index contributed by atoms with van der Waals surface area (Å²) in [6.07, 6.45) is -0.823. The summed E-state index contributed by atoms with van der Waals surface area (Å²) in [6, 6.07) is 15.9. The molecule has 3 aromatic rings. The number of hydrogen-bond donors (Lipinski definition) is 1. The topological polar surface area (TPSA) is 66.5 Å². The molecule has 1 heterocycles. The molecule has 36 heavy (non-hydrogen) atoms. The molecule has 0 radical (unpaired) electrons. The number of nitrogens with zero attached hydrogens (tertiary/aromatic N) is 1. The van der Waals surface area contributed by atoms with Crippen molar-refractivity contribution in [2.24, 2.45) is 0 Å². The Balaban J connectivity index is 1.61. The van der Waals surface area contributed by atoms with Crippen LogP contribution in [0.4, 0.5) is 18.9 Å². The van der Waals surface area contributed by atoms with Crippen LogP contribution in [-0.4, -0.2) is 31.7 Å². The van der Waals surface area contributed by atoms with E-state index in [0.29, 0.717) is 35.5 Å². The number of amides is 1. The summed E-state index contributed by atoms with van der Waals surface area (Å²) in [5.41, 5.74) is 1.32. The van der Waals surface area contributed by atoms with Crippen LogP contribution in [0, 0.1) is 6.92 Å². The molecule has 4 rings (SSSR count). The van der Waals surface area contributed by atoms with Crippen molar-refractivity contribution in [2.45, 2.75) is 43.7 Å². The quantitative estimate of drug-likeness (QED) is 0.421. The molecule has 0 spiro atoms. The summed E-state index contributed by atoms with van der Waals surface area (Å²) in [6.45, 7) is 2.66. The van der Waals surface area contributed by atoms with Crippen molar-refractivity contribution in [1.82, 2.24) is 4.31 Å². The molecule has 0 aromatic heterocycles. The van der Waals surface area contributed by atoms with Crippen LogP contribution >= 0.6 is 0 Å². The van der Waals surface area contributed by atoms with Crippen molar-refractivity contribution in [3.8, 4) is 11.1 Å². The normalized spacial score (nSPS) is 15.3. The van der Waals surface area contributed by atoms with E-state index in [2.05, 4.69) is 5.32 Å². The number of carbonyl (C=O) groups is 1. The van der Waals surface area contributed by atoms with Gasteiger partial charge in [-0.2, -0.15) is 17.5 Å². The maximum atomic E-state index is 13.3. The minimum atomic E-state index is -4.45. The second-order valence-electron chi connectivity index (χ2n) is 8.87. The van der Waals surface area contributed by atoms with Crippen LogP contribution < -0.4 is 5.32 Å². The number of anilines is 1. The Morgan fingerprint density at radius 3 is 2.17 bits per heavy atom. The molecule has 1 aliphatic heterocycles. The first-order valence-electron chi connectivity index (χ1n) is 11.8. The molecule has 0 aliphatic carbocycles. The van der Waals surface area contributed by atoms with Crippen LogP contribution in [0.3, 0.4) is 0 Å². The predicted molar refractivity (Wildman–Crippen MR) is 133 cm³/mol. The van der Waals surface area contributed by atoms with Crippen molar-refractivity contribution >= 4 is 21.6 Å². The molecule has 1 N–H and O–H groups in total. The molecule has 0 unspecified atom stereocenters. The molecule has 190 valence electrons. The molecule has 0 atom stereocenters. The zero-order chi connectivity index (χ0) is 25.9. The molecular formula is C27H27F3N2O3S. The molecule has 0 saturated carbocycles. The Morgan fingerprint density at radius 2 is 1.53 bits per heavy atom. The van der Waals surface area contributed by atoms with E-state index in [1.165, 1.54) is 22.5 Å². The lowest BCUT2D eigenvalue weighted by Crippen LogP contribution is -2.32. The fourth-order valence-electron chi connectivity index (χ4n) is 4.35. The third-order valence-electron chi connectivity index (χ3n) is 6.32. The highest BCUT2D eigenvalue weighted by molar-refractivity contribution is 7.89. The van der Waals surface area contributed by atoms with Gasteiger partial charge in [0.2, 0.25) is 10.0 Å². The van der Waals surface area contributed by atoms with Crippen molar-refractivity contribution in [3.63, 3.8) is 0 Å². The fourth-order valence-corrected chi connectivity index (χ4v) is 6.11. The van der Waals surface area contributed by atoms with Gasteiger partial charge in [-0.25, -0.2) is 8.42 Å². The lowest BCUT2D eigenvalue weighted by atomic mass is 9.98. The number of nitrogens with one attached hydrogen (secondary N) is 1. The third kappa shape index (κ3) is 5.63. The summed E-state index contributed by atoms with van der Waals surface area (Å²) < 4.78 is 67.0. The van der Waals surface area contributed by atoms with E-state index < -0.39 is 27.7 Å². The van der Waals surface area contributed by atoms with Crippen LogP contribution in [0.5, 0.6) is 0 Å². The minimum Gasteiger partial charge on any atom is -0.322 e. The maximum absolute atomic E-state index is 13.3. The SMILES string of the molecule is Cc1ccc(NC(=O)c2ccccc2-c2ccc(C(F)(F)F)cc2)cc1S(=O)(=O)N1CCCCCC1. The van der Waals surface area contributed by atoms with E-state index in [0.717, 1.165) is 37.8 Å². The van der Waals surface area contributed by atoms with E-state index in [1.807, 2.05) is 0 Å².